The average Bonchev–Trinajstić information content (AvgIpc) is 2.63. The number of ether oxygens (including phenoxy) is 1. The third kappa shape index (κ3) is 5.30. The van der Waals surface area contributed by atoms with Gasteiger partial charge in [-0.15, -0.1) is 0 Å². The molecule has 0 bridgehead atoms. The molecule has 0 aliphatic rings. The Kier molecular flexibility index (Phi) is 5.75. The molecule has 2 heterocycles. The lowest BCUT2D eigenvalue weighted by Gasteiger charge is -2.12. The van der Waals surface area contributed by atoms with Crippen molar-refractivity contribution in [1.29, 1.82) is 0 Å². The Morgan fingerprint density at radius 3 is 2.52 bits per heavy atom. The summed E-state index contributed by atoms with van der Waals surface area (Å²) in [5, 5.41) is 3.46. The van der Waals surface area contributed by atoms with Crippen molar-refractivity contribution in [3.63, 3.8) is 0 Å². The normalized spacial score (nSPS) is 11.3. The first kappa shape index (κ1) is 18.9. The third-order valence-corrected chi connectivity index (χ3v) is 3.77. The molecule has 0 aliphatic carbocycles. The molecule has 140 valence electrons. The Labute approximate surface area is 158 Å². The number of halogens is 4. The minimum atomic E-state index is -4.53. The number of pyridine rings is 1. The van der Waals surface area contributed by atoms with Crippen LogP contribution in [0.5, 0.6) is 11.6 Å². The van der Waals surface area contributed by atoms with E-state index >= 15 is 0 Å². The summed E-state index contributed by atoms with van der Waals surface area (Å²) in [7, 11) is 0. The SMILES string of the molecule is FC(F)(F)c1cccnc1Oc1ccc(CCNc2cc(Cl)ncn2)cc1. The van der Waals surface area contributed by atoms with Crippen molar-refractivity contribution in [2.75, 3.05) is 11.9 Å². The van der Waals surface area contributed by atoms with Crippen molar-refractivity contribution in [2.45, 2.75) is 12.6 Å². The van der Waals surface area contributed by atoms with Crippen LogP contribution in [0.2, 0.25) is 5.15 Å². The number of hydrogen-bond donors (Lipinski definition) is 1. The van der Waals surface area contributed by atoms with Gasteiger partial charge in [0, 0.05) is 18.8 Å². The van der Waals surface area contributed by atoms with Gasteiger partial charge in [0.1, 0.15) is 28.6 Å². The van der Waals surface area contributed by atoms with Gasteiger partial charge in [-0.3, -0.25) is 0 Å². The highest BCUT2D eigenvalue weighted by Gasteiger charge is 2.35. The molecule has 3 rings (SSSR count). The molecule has 0 spiro atoms. The summed E-state index contributed by atoms with van der Waals surface area (Å²) in [5.74, 6) is 0.420. The summed E-state index contributed by atoms with van der Waals surface area (Å²) in [6.45, 7) is 0.603. The van der Waals surface area contributed by atoms with Gasteiger partial charge in [-0.1, -0.05) is 23.7 Å². The lowest BCUT2D eigenvalue weighted by Crippen LogP contribution is -2.08. The van der Waals surface area contributed by atoms with E-state index in [0.717, 1.165) is 11.6 Å². The van der Waals surface area contributed by atoms with Crippen LogP contribution >= 0.6 is 11.6 Å². The molecule has 5 nitrogen and oxygen atoms in total. The number of nitrogens with zero attached hydrogens (tertiary/aromatic N) is 3. The number of hydrogen-bond acceptors (Lipinski definition) is 5. The quantitative estimate of drug-likeness (QED) is 0.597. The molecule has 0 amide bonds. The highest BCUT2D eigenvalue weighted by atomic mass is 35.5. The van der Waals surface area contributed by atoms with E-state index in [1.807, 2.05) is 0 Å². The van der Waals surface area contributed by atoms with Gasteiger partial charge in [0.15, 0.2) is 0 Å². The van der Waals surface area contributed by atoms with Crippen molar-refractivity contribution in [2.24, 2.45) is 0 Å². The average molecular weight is 395 g/mol. The van der Waals surface area contributed by atoms with Crippen LogP contribution in [-0.4, -0.2) is 21.5 Å². The zero-order valence-electron chi connectivity index (χ0n) is 13.9. The molecule has 1 N–H and O–H groups in total. The van der Waals surface area contributed by atoms with Gasteiger partial charge in [0.2, 0.25) is 5.88 Å². The smallest absolute Gasteiger partial charge is 0.421 e. The summed E-state index contributed by atoms with van der Waals surface area (Å²) in [6, 6.07) is 10.5. The number of rotatable bonds is 6. The van der Waals surface area contributed by atoms with Crippen molar-refractivity contribution in [3.05, 3.63) is 71.3 Å². The molecule has 0 fully saturated rings. The Bertz CT molecular complexity index is 904. The Hall–Kier alpha value is -2.87. The fraction of sp³-hybridized carbons (Fsp3) is 0.167. The van der Waals surface area contributed by atoms with Crippen molar-refractivity contribution < 1.29 is 17.9 Å². The van der Waals surface area contributed by atoms with Gasteiger partial charge in [-0.2, -0.15) is 13.2 Å². The largest absolute Gasteiger partial charge is 0.438 e. The lowest BCUT2D eigenvalue weighted by molar-refractivity contribution is -0.138. The zero-order chi connectivity index (χ0) is 19.3. The molecule has 27 heavy (non-hydrogen) atoms. The molecule has 0 saturated heterocycles. The first-order valence-corrected chi connectivity index (χ1v) is 8.30. The van der Waals surface area contributed by atoms with Crippen molar-refractivity contribution in [3.8, 4) is 11.6 Å². The van der Waals surface area contributed by atoms with Gasteiger partial charge in [0.25, 0.3) is 0 Å². The highest BCUT2D eigenvalue weighted by molar-refractivity contribution is 6.29. The third-order valence-electron chi connectivity index (χ3n) is 3.57. The molecule has 1 aromatic carbocycles. The minimum absolute atomic E-state index is 0.276. The van der Waals surface area contributed by atoms with E-state index in [1.54, 1.807) is 30.3 Å². The second-order valence-electron chi connectivity index (χ2n) is 5.50. The van der Waals surface area contributed by atoms with E-state index in [2.05, 4.69) is 20.3 Å². The van der Waals surface area contributed by atoms with E-state index in [9.17, 15) is 13.2 Å². The van der Waals surface area contributed by atoms with Gasteiger partial charge >= 0.3 is 6.18 Å². The summed E-state index contributed by atoms with van der Waals surface area (Å²) in [6.07, 6.45) is -1.23. The first-order valence-electron chi connectivity index (χ1n) is 7.92. The molecular weight excluding hydrogens is 381 g/mol. The monoisotopic (exact) mass is 394 g/mol. The number of benzene rings is 1. The van der Waals surface area contributed by atoms with Crippen LogP contribution in [0.3, 0.4) is 0 Å². The van der Waals surface area contributed by atoms with Crippen LogP contribution in [0.1, 0.15) is 11.1 Å². The van der Waals surface area contributed by atoms with Crippen molar-refractivity contribution >= 4 is 17.4 Å². The zero-order valence-corrected chi connectivity index (χ0v) is 14.6. The second-order valence-corrected chi connectivity index (χ2v) is 5.89. The molecule has 0 radical (unpaired) electrons. The summed E-state index contributed by atoms with van der Waals surface area (Å²) in [5.41, 5.74) is 0.0638. The molecule has 0 aliphatic heterocycles. The molecule has 0 saturated carbocycles. The fourth-order valence-corrected chi connectivity index (χ4v) is 2.44. The van der Waals surface area contributed by atoms with E-state index in [4.69, 9.17) is 16.3 Å². The van der Waals surface area contributed by atoms with E-state index in [0.29, 0.717) is 23.9 Å². The fourth-order valence-electron chi connectivity index (χ4n) is 2.29. The van der Waals surface area contributed by atoms with Crippen LogP contribution in [0, 0.1) is 0 Å². The first-order chi connectivity index (χ1) is 12.9. The van der Waals surface area contributed by atoms with E-state index < -0.39 is 17.6 Å². The molecule has 0 atom stereocenters. The van der Waals surface area contributed by atoms with Crippen LogP contribution in [0.25, 0.3) is 0 Å². The maximum Gasteiger partial charge on any atom is 0.421 e. The predicted octanol–water partition coefficient (Wildman–Crippen LogP) is 4.99. The molecule has 9 heteroatoms. The Morgan fingerprint density at radius 1 is 1.04 bits per heavy atom. The molecule has 0 unspecified atom stereocenters. The van der Waals surface area contributed by atoms with Crippen molar-refractivity contribution in [1.82, 2.24) is 15.0 Å². The number of nitrogens with one attached hydrogen (secondary N) is 1. The maximum atomic E-state index is 13.0. The summed E-state index contributed by atoms with van der Waals surface area (Å²) >= 11 is 5.78. The second kappa shape index (κ2) is 8.22. The maximum absolute atomic E-state index is 13.0. The Morgan fingerprint density at radius 2 is 1.81 bits per heavy atom. The van der Waals surface area contributed by atoms with E-state index in [1.165, 1.54) is 18.6 Å². The Balaban J connectivity index is 1.59. The minimum Gasteiger partial charge on any atom is -0.438 e. The molecular formula is C18H14ClF3N4O. The molecule has 3 aromatic rings. The van der Waals surface area contributed by atoms with Crippen LogP contribution in [0.15, 0.2) is 55.0 Å². The predicted molar refractivity (Wildman–Crippen MR) is 95.0 cm³/mol. The number of alkyl halides is 3. The highest BCUT2D eigenvalue weighted by Crippen LogP contribution is 2.36. The van der Waals surface area contributed by atoms with Gasteiger partial charge < -0.3 is 10.1 Å². The molecule has 2 aromatic heterocycles. The standard InChI is InChI=1S/C18H14ClF3N4O/c19-15-10-16(26-11-25-15)23-9-7-12-3-5-13(6-4-12)27-17-14(18(20,21)22)2-1-8-24-17/h1-6,8,10-11H,7,9H2,(H,23,25,26). The number of aromatic nitrogens is 3. The van der Waals surface area contributed by atoms with Crippen LogP contribution in [-0.2, 0) is 12.6 Å². The lowest BCUT2D eigenvalue weighted by atomic mass is 10.1. The van der Waals surface area contributed by atoms with Crippen LogP contribution < -0.4 is 10.1 Å². The number of anilines is 1. The topological polar surface area (TPSA) is 59.9 Å². The summed E-state index contributed by atoms with van der Waals surface area (Å²) in [4.78, 5) is 11.5. The van der Waals surface area contributed by atoms with E-state index in [-0.39, 0.29) is 5.75 Å². The summed E-state index contributed by atoms with van der Waals surface area (Å²) < 4.78 is 44.2. The van der Waals surface area contributed by atoms with Crippen LogP contribution in [0.4, 0.5) is 19.0 Å². The van der Waals surface area contributed by atoms with Gasteiger partial charge in [-0.05, 0) is 36.2 Å². The van der Waals surface area contributed by atoms with Gasteiger partial charge in [0.05, 0.1) is 0 Å². The van der Waals surface area contributed by atoms with Gasteiger partial charge in [-0.25, -0.2) is 15.0 Å².